The van der Waals surface area contributed by atoms with E-state index in [2.05, 4.69) is 64.9 Å². The Labute approximate surface area is 228 Å². The van der Waals surface area contributed by atoms with Crippen LogP contribution in [0, 0.1) is 0 Å². The Kier molecular flexibility index (Phi) is 6.73. The molecule has 0 aromatic heterocycles. The quantitative estimate of drug-likeness (QED) is 0.332. The third-order valence-electron chi connectivity index (χ3n) is 7.31. The van der Waals surface area contributed by atoms with Gasteiger partial charge in [-0.1, -0.05) is 36.0 Å². The van der Waals surface area contributed by atoms with Crippen LogP contribution in [-0.2, 0) is 0 Å². The minimum Gasteiger partial charge on any atom is -0.497 e. The van der Waals surface area contributed by atoms with E-state index in [1.54, 1.807) is 33.1 Å². The predicted octanol–water partition coefficient (Wildman–Crippen LogP) is 7.69. The number of hydrogen-bond donors (Lipinski definition) is 0. The number of ether oxygens (including phenoxy) is 3. The summed E-state index contributed by atoms with van der Waals surface area (Å²) >= 11 is 1.69. The zero-order valence-electron chi connectivity index (χ0n) is 21.8. The van der Waals surface area contributed by atoms with Crippen LogP contribution in [0.25, 0.3) is 11.8 Å². The maximum absolute atomic E-state index is 5.47. The Bertz CT molecular complexity index is 1450. The second-order valence-electron chi connectivity index (χ2n) is 9.46. The van der Waals surface area contributed by atoms with E-state index >= 15 is 0 Å². The summed E-state index contributed by atoms with van der Waals surface area (Å²) in [6.45, 7) is 0. The van der Waals surface area contributed by atoms with Gasteiger partial charge in [0, 0.05) is 5.41 Å². The van der Waals surface area contributed by atoms with Crippen LogP contribution in [-0.4, -0.2) is 31.4 Å². The third-order valence-corrected chi connectivity index (χ3v) is 8.15. The Morgan fingerprint density at radius 1 is 0.789 bits per heavy atom. The van der Waals surface area contributed by atoms with E-state index in [1.165, 1.54) is 16.7 Å². The maximum atomic E-state index is 5.47. The molecule has 5 nitrogen and oxygen atoms in total. The molecule has 2 aliphatic heterocycles. The third kappa shape index (κ3) is 4.50. The average Bonchev–Trinajstić information content (AvgIpc) is 3.40. The maximum Gasteiger partial charge on any atom is 0.174 e. The minimum atomic E-state index is 0.0614. The van der Waals surface area contributed by atoms with Crippen LogP contribution in [0.15, 0.2) is 100 Å². The summed E-state index contributed by atoms with van der Waals surface area (Å²) in [5, 5.41) is 3.24. The van der Waals surface area contributed by atoms with Crippen LogP contribution < -0.4 is 14.2 Å². The second kappa shape index (κ2) is 10.5. The number of rotatable bonds is 6. The first kappa shape index (κ1) is 24.4. The standard InChI is InChI=1S/C32H30N2O3S/c1-35-25-13-7-21(8-14-25)19-24-5-4-6-28-30(24)33-32-34(31(28)23-11-17-27(37-3)18-12-23)29(20-38-32)22-9-15-26(36-2)16-10-22/h7-20,31H,4-6H2,1-3H3. The number of hydrogen-bond acceptors (Lipinski definition) is 6. The van der Waals surface area contributed by atoms with Crippen LogP contribution in [0.1, 0.15) is 42.0 Å². The zero-order chi connectivity index (χ0) is 26.1. The van der Waals surface area contributed by atoms with Gasteiger partial charge in [0.05, 0.1) is 38.8 Å². The number of thioether (sulfide) groups is 1. The van der Waals surface area contributed by atoms with E-state index in [1.807, 2.05) is 24.3 Å². The van der Waals surface area contributed by atoms with Crippen molar-refractivity contribution in [3.63, 3.8) is 0 Å². The van der Waals surface area contributed by atoms with Crippen LogP contribution in [0.5, 0.6) is 17.2 Å². The molecule has 192 valence electrons. The first-order chi connectivity index (χ1) is 18.7. The van der Waals surface area contributed by atoms with Gasteiger partial charge < -0.3 is 19.1 Å². The Morgan fingerprint density at radius 2 is 1.39 bits per heavy atom. The highest BCUT2D eigenvalue weighted by Crippen LogP contribution is 2.51. The van der Waals surface area contributed by atoms with Gasteiger partial charge in [0.25, 0.3) is 0 Å². The van der Waals surface area contributed by atoms with E-state index in [0.29, 0.717) is 0 Å². The Hall–Kier alpha value is -3.90. The highest BCUT2D eigenvalue weighted by Gasteiger charge is 2.40. The van der Waals surface area contributed by atoms with E-state index in [4.69, 9.17) is 19.2 Å². The number of aliphatic imine (C=N–C) groups is 1. The molecule has 0 saturated carbocycles. The molecule has 0 N–H and O–H groups in total. The Morgan fingerprint density at radius 3 is 2.03 bits per heavy atom. The molecule has 0 fully saturated rings. The van der Waals surface area contributed by atoms with Gasteiger partial charge in [0.15, 0.2) is 5.17 Å². The van der Waals surface area contributed by atoms with Crippen molar-refractivity contribution in [2.24, 2.45) is 4.99 Å². The highest BCUT2D eigenvalue weighted by molar-refractivity contribution is 8.16. The molecule has 0 amide bonds. The van der Waals surface area contributed by atoms with Gasteiger partial charge in [-0.05, 0) is 102 Å². The number of nitrogens with zero attached hydrogens (tertiary/aromatic N) is 2. The van der Waals surface area contributed by atoms with Crippen LogP contribution in [0.2, 0.25) is 0 Å². The van der Waals surface area contributed by atoms with Crippen molar-refractivity contribution in [3.05, 3.63) is 112 Å². The molecule has 1 unspecified atom stereocenters. The fraction of sp³-hybridized carbons (Fsp3) is 0.219. The summed E-state index contributed by atoms with van der Waals surface area (Å²) in [4.78, 5) is 7.69. The summed E-state index contributed by atoms with van der Waals surface area (Å²) < 4.78 is 16.2. The normalized spacial score (nSPS) is 19.5. The number of fused-ring (bicyclic) bond motifs is 1. The molecule has 0 radical (unpaired) electrons. The van der Waals surface area contributed by atoms with Crippen molar-refractivity contribution in [1.29, 1.82) is 0 Å². The van der Waals surface area contributed by atoms with Crippen LogP contribution >= 0.6 is 11.8 Å². The highest BCUT2D eigenvalue weighted by atomic mass is 32.2. The van der Waals surface area contributed by atoms with E-state index < -0.39 is 0 Å². The molecule has 2 heterocycles. The molecule has 0 saturated heterocycles. The van der Waals surface area contributed by atoms with Crippen molar-refractivity contribution in [3.8, 4) is 17.2 Å². The first-order valence-electron chi connectivity index (χ1n) is 12.8. The monoisotopic (exact) mass is 522 g/mol. The fourth-order valence-corrected chi connectivity index (χ4v) is 6.30. The molecule has 3 aromatic rings. The molecule has 38 heavy (non-hydrogen) atoms. The molecule has 6 rings (SSSR count). The van der Waals surface area contributed by atoms with Gasteiger partial charge in [-0.3, -0.25) is 0 Å². The lowest BCUT2D eigenvalue weighted by atomic mass is 9.82. The minimum absolute atomic E-state index is 0.0614. The van der Waals surface area contributed by atoms with Gasteiger partial charge in [-0.15, -0.1) is 0 Å². The lowest BCUT2D eigenvalue weighted by Gasteiger charge is -2.40. The van der Waals surface area contributed by atoms with Crippen LogP contribution in [0.4, 0.5) is 0 Å². The molecule has 0 bridgehead atoms. The number of benzene rings is 3. The largest absolute Gasteiger partial charge is 0.497 e. The van der Waals surface area contributed by atoms with Crippen molar-refractivity contribution >= 4 is 28.7 Å². The van der Waals surface area contributed by atoms with Gasteiger partial charge >= 0.3 is 0 Å². The molecule has 6 heteroatoms. The molecular formula is C32H30N2O3S. The zero-order valence-corrected chi connectivity index (χ0v) is 22.6. The first-order valence-corrected chi connectivity index (χ1v) is 13.7. The number of amidine groups is 1. The van der Waals surface area contributed by atoms with Crippen molar-refractivity contribution in [1.82, 2.24) is 4.90 Å². The fourth-order valence-electron chi connectivity index (χ4n) is 5.38. The number of allylic oxidation sites excluding steroid dienone is 1. The van der Waals surface area contributed by atoms with Crippen molar-refractivity contribution in [2.75, 3.05) is 21.3 Å². The summed E-state index contributed by atoms with van der Waals surface area (Å²) in [6.07, 6.45) is 5.41. The van der Waals surface area contributed by atoms with E-state index in [0.717, 1.165) is 64.2 Å². The molecule has 3 aromatic carbocycles. The van der Waals surface area contributed by atoms with E-state index in [9.17, 15) is 0 Å². The second-order valence-corrected chi connectivity index (χ2v) is 10.3. The lowest BCUT2D eigenvalue weighted by Crippen LogP contribution is -2.34. The summed E-state index contributed by atoms with van der Waals surface area (Å²) in [7, 11) is 5.10. The molecule has 0 spiro atoms. The number of methoxy groups -OCH3 is 3. The van der Waals surface area contributed by atoms with Crippen LogP contribution in [0.3, 0.4) is 0 Å². The van der Waals surface area contributed by atoms with Gasteiger partial charge in [0.2, 0.25) is 0 Å². The van der Waals surface area contributed by atoms with E-state index in [-0.39, 0.29) is 6.04 Å². The molecule has 1 atom stereocenters. The topological polar surface area (TPSA) is 43.3 Å². The summed E-state index contributed by atoms with van der Waals surface area (Å²) in [5.41, 5.74) is 8.50. The SMILES string of the molecule is COc1ccc(C=C2CCCC3=C2N=C2SC=C(c4ccc(OC)cc4)N2C3c2ccc(OC)cc2)cc1. The summed E-state index contributed by atoms with van der Waals surface area (Å²) in [5.74, 6) is 2.58. The van der Waals surface area contributed by atoms with Gasteiger partial charge in [-0.2, -0.15) is 0 Å². The Balaban J connectivity index is 1.45. The molecular weight excluding hydrogens is 492 g/mol. The lowest BCUT2D eigenvalue weighted by molar-refractivity contribution is 0.413. The summed E-state index contributed by atoms with van der Waals surface area (Å²) in [6, 6.07) is 25.1. The molecule has 3 aliphatic rings. The predicted molar refractivity (Wildman–Crippen MR) is 155 cm³/mol. The average molecular weight is 523 g/mol. The van der Waals surface area contributed by atoms with Gasteiger partial charge in [-0.25, -0.2) is 4.99 Å². The van der Waals surface area contributed by atoms with Crippen molar-refractivity contribution < 1.29 is 14.2 Å². The van der Waals surface area contributed by atoms with Crippen molar-refractivity contribution in [2.45, 2.75) is 25.3 Å². The molecule has 1 aliphatic carbocycles. The smallest absolute Gasteiger partial charge is 0.174 e. The van der Waals surface area contributed by atoms with Gasteiger partial charge in [0.1, 0.15) is 17.2 Å².